The van der Waals surface area contributed by atoms with Gasteiger partial charge in [0.05, 0.1) is 10.9 Å². The van der Waals surface area contributed by atoms with Crippen molar-refractivity contribution in [2.45, 2.75) is 6.92 Å². The van der Waals surface area contributed by atoms with Crippen molar-refractivity contribution in [2.75, 3.05) is 5.43 Å². The maximum absolute atomic E-state index is 13.8. The summed E-state index contributed by atoms with van der Waals surface area (Å²) in [7, 11) is 0. The first-order valence-electron chi connectivity index (χ1n) is 5.78. The van der Waals surface area contributed by atoms with E-state index in [0.717, 1.165) is 28.5 Å². The quantitative estimate of drug-likeness (QED) is 0.562. The van der Waals surface area contributed by atoms with Crippen molar-refractivity contribution in [3.8, 4) is 11.4 Å². The highest BCUT2D eigenvalue weighted by Gasteiger charge is 2.14. The van der Waals surface area contributed by atoms with Crippen molar-refractivity contribution >= 4 is 27.4 Å². The second-order valence-electron chi connectivity index (χ2n) is 4.24. The van der Waals surface area contributed by atoms with Crippen LogP contribution in [0.15, 0.2) is 24.3 Å². The summed E-state index contributed by atoms with van der Waals surface area (Å²) in [6.45, 7) is 1.93. The zero-order valence-corrected chi connectivity index (χ0v) is 11.3. The predicted octanol–water partition coefficient (Wildman–Crippen LogP) is 3.23. The summed E-state index contributed by atoms with van der Waals surface area (Å²) in [6.07, 6.45) is 0. The van der Waals surface area contributed by atoms with Gasteiger partial charge in [-0.1, -0.05) is 0 Å². The fourth-order valence-corrected chi connectivity index (χ4v) is 2.82. The van der Waals surface area contributed by atoms with E-state index in [1.165, 1.54) is 11.3 Å². The number of nitrogens with one attached hydrogen (secondary N) is 1. The number of halogens is 2. The molecule has 1 aromatic carbocycles. The number of anilines is 1. The van der Waals surface area contributed by atoms with Gasteiger partial charge in [-0.15, -0.1) is 11.3 Å². The molecule has 3 N–H and O–H groups in total. The number of hydrogen-bond donors (Lipinski definition) is 2. The molecule has 102 valence electrons. The topological polar surface area (TPSA) is 63.8 Å². The zero-order valence-electron chi connectivity index (χ0n) is 10.4. The highest BCUT2D eigenvalue weighted by Crippen LogP contribution is 2.31. The van der Waals surface area contributed by atoms with Gasteiger partial charge in [0.2, 0.25) is 0 Å². The number of thiophene rings is 1. The predicted molar refractivity (Wildman–Crippen MR) is 75.3 cm³/mol. The molecule has 0 saturated carbocycles. The molecule has 7 heteroatoms. The number of hydrogen-bond acceptors (Lipinski definition) is 5. The summed E-state index contributed by atoms with van der Waals surface area (Å²) < 4.78 is 27.1. The Morgan fingerprint density at radius 3 is 2.75 bits per heavy atom. The molecule has 0 fully saturated rings. The number of aromatic nitrogens is 2. The molecule has 0 spiro atoms. The van der Waals surface area contributed by atoms with Gasteiger partial charge in [-0.05, 0) is 31.2 Å². The lowest BCUT2D eigenvalue weighted by Crippen LogP contribution is -2.10. The normalized spacial score (nSPS) is 11.0. The number of nitrogens with two attached hydrogens (primary N) is 1. The Morgan fingerprint density at radius 2 is 2.00 bits per heavy atom. The van der Waals surface area contributed by atoms with Crippen molar-refractivity contribution in [1.29, 1.82) is 0 Å². The summed E-state index contributed by atoms with van der Waals surface area (Å²) in [5.41, 5.74) is 2.48. The van der Waals surface area contributed by atoms with Gasteiger partial charge in [0, 0.05) is 4.88 Å². The lowest BCUT2D eigenvalue weighted by Gasteiger charge is -2.06. The van der Waals surface area contributed by atoms with Crippen LogP contribution in [0.1, 0.15) is 4.88 Å². The molecule has 0 unspecified atom stereocenters. The minimum atomic E-state index is -0.581. The van der Waals surface area contributed by atoms with Crippen LogP contribution in [0.3, 0.4) is 0 Å². The summed E-state index contributed by atoms with van der Waals surface area (Å²) >= 11 is 1.44. The molecule has 0 aliphatic carbocycles. The first kappa shape index (κ1) is 12.9. The molecule has 2 heterocycles. The highest BCUT2D eigenvalue weighted by molar-refractivity contribution is 7.18. The van der Waals surface area contributed by atoms with Crippen LogP contribution in [-0.2, 0) is 0 Å². The average Bonchev–Trinajstić information content (AvgIpc) is 2.80. The SMILES string of the molecule is Cc1cc2c(NN)nc(-c3cc(F)ccc3F)nc2s1. The number of benzene rings is 1. The third-order valence-electron chi connectivity index (χ3n) is 2.82. The van der Waals surface area contributed by atoms with E-state index in [4.69, 9.17) is 5.84 Å². The van der Waals surface area contributed by atoms with Gasteiger partial charge in [0.15, 0.2) is 11.6 Å². The van der Waals surface area contributed by atoms with Crippen LogP contribution in [0, 0.1) is 18.6 Å². The molecule has 0 amide bonds. The van der Waals surface area contributed by atoms with E-state index in [1.807, 2.05) is 13.0 Å². The van der Waals surface area contributed by atoms with Crippen LogP contribution in [0.4, 0.5) is 14.6 Å². The molecule has 3 aromatic rings. The highest BCUT2D eigenvalue weighted by atomic mass is 32.1. The van der Waals surface area contributed by atoms with Gasteiger partial charge in [0.25, 0.3) is 0 Å². The van der Waals surface area contributed by atoms with E-state index in [9.17, 15) is 8.78 Å². The van der Waals surface area contributed by atoms with Crippen molar-refractivity contribution in [2.24, 2.45) is 5.84 Å². The minimum absolute atomic E-state index is 0.00875. The first-order chi connectivity index (χ1) is 9.58. The largest absolute Gasteiger partial charge is 0.308 e. The van der Waals surface area contributed by atoms with Gasteiger partial charge in [-0.3, -0.25) is 0 Å². The van der Waals surface area contributed by atoms with E-state index in [2.05, 4.69) is 15.4 Å². The first-order valence-corrected chi connectivity index (χ1v) is 6.60. The molecular formula is C13H10F2N4S. The molecule has 20 heavy (non-hydrogen) atoms. The fraction of sp³-hybridized carbons (Fsp3) is 0.0769. The molecule has 0 radical (unpaired) electrons. The van der Waals surface area contributed by atoms with Crippen molar-refractivity contribution in [1.82, 2.24) is 9.97 Å². The van der Waals surface area contributed by atoms with Crippen LogP contribution in [0.5, 0.6) is 0 Å². The summed E-state index contributed by atoms with van der Waals surface area (Å²) in [4.78, 5) is 10.1. The second kappa shape index (κ2) is 4.77. The van der Waals surface area contributed by atoms with Gasteiger partial charge in [-0.2, -0.15) is 0 Å². The van der Waals surface area contributed by atoms with Crippen LogP contribution in [0.2, 0.25) is 0 Å². The Bertz CT molecular complexity index is 800. The van der Waals surface area contributed by atoms with E-state index in [1.54, 1.807) is 0 Å². The molecule has 0 saturated heterocycles. The van der Waals surface area contributed by atoms with Crippen LogP contribution >= 0.6 is 11.3 Å². The van der Waals surface area contributed by atoms with Crippen molar-refractivity contribution < 1.29 is 8.78 Å². The van der Waals surface area contributed by atoms with Crippen LogP contribution in [0.25, 0.3) is 21.6 Å². The molecule has 0 bridgehead atoms. The Morgan fingerprint density at radius 1 is 1.20 bits per heavy atom. The number of nitrogen functional groups attached to an aromatic ring is 1. The van der Waals surface area contributed by atoms with Crippen molar-refractivity contribution in [3.63, 3.8) is 0 Å². The van der Waals surface area contributed by atoms with Crippen molar-refractivity contribution in [3.05, 3.63) is 40.8 Å². The number of aryl methyl sites for hydroxylation is 1. The molecule has 3 rings (SSSR count). The second-order valence-corrected chi connectivity index (χ2v) is 5.47. The Kier molecular flexibility index (Phi) is 3.07. The lowest BCUT2D eigenvalue weighted by atomic mass is 10.2. The Balaban J connectivity index is 2.28. The third kappa shape index (κ3) is 2.10. The summed E-state index contributed by atoms with van der Waals surface area (Å²) in [5.74, 6) is 4.80. The van der Waals surface area contributed by atoms with E-state index < -0.39 is 11.6 Å². The monoisotopic (exact) mass is 292 g/mol. The van der Waals surface area contributed by atoms with Crippen LogP contribution < -0.4 is 11.3 Å². The average molecular weight is 292 g/mol. The maximum atomic E-state index is 13.8. The minimum Gasteiger partial charge on any atom is -0.308 e. The lowest BCUT2D eigenvalue weighted by molar-refractivity contribution is 0.602. The number of hydrazine groups is 1. The Labute approximate surface area is 117 Å². The van der Waals surface area contributed by atoms with E-state index in [-0.39, 0.29) is 11.4 Å². The summed E-state index contributed by atoms with van der Waals surface area (Å²) in [5, 5.41) is 0.760. The van der Waals surface area contributed by atoms with Gasteiger partial charge in [0.1, 0.15) is 16.5 Å². The molecule has 2 aromatic heterocycles. The summed E-state index contributed by atoms with van der Waals surface area (Å²) in [6, 6.07) is 5.06. The van der Waals surface area contributed by atoms with Crippen LogP contribution in [-0.4, -0.2) is 9.97 Å². The smallest absolute Gasteiger partial charge is 0.166 e. The van der Waals surface area contributed by atoms with Gasteiger partial charge in [-0.25, -0.2) is 24.6 Å². The number of nitrogens with zero attached hydrogens (tertiary/aromatic N) is 2. The third-order valence-corrected chi connectivity index (χ3v) is 3.77. The molecule has 0 aliphatic heterocycles. The number of fused-ring (bicyclic) bond motifs is 1. The molecule has 4 nitrogen and oxygen atoms in total. The zero-order chi connectivity index (χ0) is 14.3. The Hall–Kier alpha value is -2.12. The van der Waals surface area contributed by atoms with Gasteiger partial charge < -0.3 is 5.43 Å². The standard InChI is InChI=1S/C13H10F2N4S/c1-6-4-9-12(19-16)17-11(18-13(9)20-6)8-5-7(14)2-3-10(8)15/h2-5H,16H2,1H3,(H,17,18,19). The number of rotatable bonds is 2. The van der Waals surface area contributed by atoms with E-state index >= 15 is 0 Å². The molecule has 0 atom stereocenters. The van der Waals surface area contributed by atoms with Gasteiger partial charge >= 0.3 is 0 Å². The van der Waals surface area contributed by atoms with E-state index in [0.29, 0.717) is 10.6 Å². The molecular weight excluding hydrogens is 282 g/mol. The maximum Gasteiger partial charge on any atom is 0.166 e. The molecule has 0 aliphatic rings. The fourth-order valence-electron chi connectivity index (χ4n) is 1.94.